The van der Waals surface area contributed by atoms with Crippen molar-refractivity contribution in [1.29, 1.82) is 0 Å². The van der Waals surface area contributed by atoms with E-state index in [1.807, 2.05) is 6.92 Å². The average molecular weight is 738 g/mol. The number of ether oxygens (including phenoxy) is 1. The maximum absolute atomic E-state index is 11.6. The highest BCUT2D eigenvalue weighted by molar-refractivity contribution is 7.86. The summed E-state index contributed by atoms with van der Waals surface area (Å²) >= 11 is 0. The van der Waals surface area contributed by atoms with Gasteiger partial charge in [-0.3, -0.25) is 8.98 Å². The number of carbonyl (C=O) groups excluding carboxylic acids is 1. The molecular weight excluding hydrogens is 687 g/mol. The lowest BCUT2D eigenvalue weighted by Crippen LogP contribution is -2.25. The fraction of sp³-hybridized carbons (Fsp3) is 0.487. The van der Waals surface area contributed by atoms with Crippen LogP contribution in [0.2, 0.25) is 0 Å². The molecule has 0 unspecified atom stereocenters. The van der Waals surface area contributed by atoms with E-state index < -0.39 is 16.1 Å². The summed E-state index contributed by atoms with van der Waals surface area (Å²) in [5.74, 6) is 12.9. The van der Waals surface area contributed by atoms with Crippen LogP contribution in [0.1, 0.15) is 87.9 Å². The predicted octanol–water partition coefficient (Wildman–Crippen LogP) is 5.57. The zero-order chi connectivity index (χ0) is 39.5. The van der Waals surface area contributed by atoms with Crippen molar-refractivity contribution in [2.24, 2.45) is 0 Å². The van der Waals surface area contributed by atoms with Gasteiger partial charge in [0.15, 0.2) is 5.82 Å². The number of nitrogens with zero attached hydrogens (tertiary/aromatic N) is 3. The fourth-order valence-corrected chi connectivity index (χ4v) is 4.37. The Bertz CT molecular complexity index is 1580. The largest absolute Gasteiger partial charge is 0.481 e. The molecule has 1 aromatic carbocycles. The van der Waals surface area contributed by atoms with Gasteiger partial charge >= 0.3 is 12.1 Å². The molecule has 1 saturated heterocycles. The molecule has 282 valence electrons. The van der Waals surface area contributed by atoms with Crippen molar-refractivity contribution in [2.75, 3.05) is 32.9 Å². The number of hydrogen-bond donors (Lipinski definition) is 2. The number of unbranched alkanes of at least 4 members (excludes halogenated alkanes) is 5. The Morgan fingerprint density at radius 3 is 1.92 bits per heavy atom. The van der Waals surface area contributed by atoms with E-state index in [0.717, 1.165) is 50.6 Å². The molecule has 13 heteroatoms. The summed E-state index contributed by atoms with van der Waals surface area (Å²) < 4.78 is 37.7. The number of hydrogen-bond acceptors (Lipinski definition) is 10. The molecule has 2 N–H and O–H groups in total. The topological polar surface area (TPSA) is 169 Å². The number of aryl methyl sites for hydroxylation is 3. The first kappa shape index (κ1) is 48.9. The van der Waals surface area contributed by atoms with Gasteiger partial charge in [-0.2, -0.15) is 13.4 Å². The standard InChI is InChI=1S/C12H14O3S.C8H10N2O.C8H11NO2.C6H8O2.C5H8O/c1-3-4-5-10-15-16(13,14)12-8-6-11(2)7-9-12;1-3-4-5-6-8-9-7(2)10-11-8;1-2-3-4-5-9-6-7-11-8(9)10;1-2-3-4-5-6(7)8;1-2-3-4-5-6/h1,6-9H,4-5,10H2,2H3;1H,4-6H2,2H3;1H,3-7H2;1H,3-5H2,(H,7,8);1,6H,3-5H2. The lowest BCUT2D eigenvalue weighted by Gasteiger charge is -2.09. The van der Waals surface area contributed by atoms with E-state index >= 15 is 0 Å². The zero-order valence-electron chi connectivity index (χ0n) is 30.2. The Hall–Kier alpha value is -5.23. The Balaban J connectivity index is 0. The van der Waals surface area contributed by atoms with E-state index in [-0.39, 0.29) is 30.6 Å². The molecule has 2 aromatic rings. The van der Waals surface area contributed by atoms with Crippen LogP contribution in [0.25, 0.3) is 0 Å². The Kier molecular flexibility index (Phi) is 31.0. The maximum atomic E-state index is 11.6. The van der Waals surface area contributed by atoms with Crippen LogP contribution < -0.4 is 0 Å². The second-order valence-electron chi connectivity index (χ2n) is 10.6. The van der Waals surface area contributed by atoms with Gasteiger partial charge in [-0.25, -0.2) is 4.79 Å². The SMILES string of the molecule is C#CCCCC(=O)O.C#CCCCN1CCOC1=O.C#CCCCO.C#CCCCOS(=O)(=O)c1ccc(C)cc1.C#CCCCc1nc(C)no1. The lowest BCUT2D eigenvalue weighted by atomic mass is 10.2. The first-order valence-electron chi connectivity index (χ1n) is 16.6. The third-order valence-corrected chi connectivity index (χ3v) is 7.41. The molecule has 1 aliphatic heterocycles. The van der Waals surface area contributed by atoms with Crippen LogP contribution in [0.5, 0.6) is 0 Å². The molecular formula is C39H51N3O9S. The van der Waals surface area contributed by atoms with Crippen molar-refractivity contribution < 1.29 is 41.7 Å². The molecule has 0 spiro atoms. The van der Waals surface area contributed by atoms with Crippen molar-refractivity contribution in [3.05, 3.63) is 41.5 Å². The monoisotopic (exact) mass is 737 g/mol. The minimum atomic E-state index is -3.63. The number of aliphatic hydroxyl groups is 1. The molecule has 0 radical (unpaired) electrons. The van der Waals surface area contributed by atoms with Gasteiger partial charge in [-0.15, -0.1) is 61.7 Å². The number of carbonyl (C=O) groups is 2. The van der Waals surface area contributed by atoms with Gasteiger partial charge < -0.3 is 24.4 Å². The number of carboxylic acids is 1. The molecule has 1 fully saturated rings. The lowest BCUT2D eigenvalue weighted by molar-refractivity contribution is -0.137. The number of aromatic nitrogens is 2. The molecule has 1 aromatic heterocycles. The van der Waals surface area contributed by atoms with Gasteiger partial charge in [0, 0.05) is 58.1 Å². The number of aliphatic hydroxyl groups excluding tert-OH is 1. The number of terminal acetylenes is 5. The summed E-state index contributed by atoms with van der Waals surface area (Å²) in [4.78, 5) is 26.5. The molecule has 0 aliphatic carbocycles. The van der Waals surface area contributed by atoms with E-state index in [2.05, 4.69) is 39.7 Å². The summed E-state index contributed by atoms with van der Waals surface area (Å²) in [7, 11) is -3.63. The summed E-state index contributed by atoms with van der Waals surface area (Å²) in [6, 6.07) is 6.53. The van der Waals surface area contributed by atoms with E-state index in [4.69, 9.17) is 55.8 Å². The Labute approximate surface area is 310 Å². The Morgan fingerprint density at radius 2 is 1.44 bits per heavy atom. The minimum Gasteiger partial charge on any atom is -0.481 e. The zero-order valence-corrected chi connectivity index (χ0v) is 31.0. The molecule has 0 bridgehead atoms. The van der Waals surface area contributed by atoms with Gasteiger partial charge in [0.1, 0.15) is 6.61 Å². The van der Waals surface area contributed by atoms with Crippen molar-refractivity contribution >= 4 is 22.2 Å². The van der Waals surface area contributed by atoms with E-state index in [1.165, 1.54) is 12.1 Å². The molecule has 0 saturated carbocycles. The maximum Gasteiger partial charge on any atom is 0.409 e. The first-order chi connectivity index (χ1) is 24.9. The van der Waals surface area contributed by atoms with Gasteiger partial charge in [0.2, 0.25) is 5.89 Å². The molecule has 0 atom stereocenters. The average Bonchev–Trinajstić information content (AvgIpc) is 3.74. The predicted molar refractivity (Wildman–Crippen MR) is 200 cm³/mol. The quantitative estimate of drug-likeness (QED) is 0.126. The molecule has 3 rings (SSSR count). The summed E-state index contributed by atoms with van der Waals surface area (Å²) in [6.45, 7) is 5.99. The number of amides is 1. The number of cyclic esters (lactones) is 1. The summed E-state index contributed by atoms with van der Waals surface area (Å²) in [5, 5.41) is 19.8. The summed E-state index contributed by atoms with van der Waals surface area (Å²) in [6.07, 6.45) is 32.6. The number of rotatable bonds is 16. The second-order valence-corrected chi connectivity index (χ2v) is 12.2. The van der Waals surface area contributed by atoms with Gasteiger partial charge in [-0.05, 0) is 58.1 Å². The van der Waals surface area contributed by atoms with Gasteiger partial charge in [-0.1, -0.05) is 22.9 Å². The van der Waals surface area contributed by atoms with E-state index in [0.29, 0.717) is 57.0 Å². The number of benzene rings is 1. The highest BCUT2D eigenvalue weighted by Gasteiger charge is 2.20. The molecule has 52 heavy (non-hydrogen) atoms. The second kappa shape index (κ2) is 32.9. The van der Waals surface area contributed by atoms with Crippen LogP contribution in [-0.2, 0) is 30.3 Å². The van der Waals surface area contributed by atoms with Gasteiger partial charge in [0.25, 0.3) is 10.1 Å². The van der Waals surface area contributed by atoms with Crippen LogP contribution >= 0.6 is 0 Å². The molecule has 12 nitrogen and oxygen atoms in total. The summed E-state index contributed by atoms with van der Waals surface area (Å²) in [5.41, 5.74) is 1.01. The Morgan fingerprint density at radius 1 is 0.885 bits per heavy atom. The first-order valence-corrected chi connectivity index (χ1v) is 18.0. The van der Waals surface area contributed by atoms with E-state index in [1.54, 1.807) is 24.0 Å². The third-order valence-electron chi connectivity index (χ3n) is 6.08. The highest BCUT2D eigenvalue weighted by Crippen LogP contribution is 2.13. The van der Waals surface area contributed by atoms with Crippen LogP contribution in [0.4, 0.5) is 4.79 Å². The van der Waals surface area contributed by atoms with Crippen molar-refractivity contribution in [1.82, 2.24) is 15.0 Å². The highest BCUT2D eigenvalue weighted by atomic mass is 32.2. The fourth-order valence-electron chi connectivity index (χ4n) is 3.42. The van der Waals surface area contributed by atoms with Gasteiger partial charge in [0.05, 0.1) is 18.0 Å². The van der Waals surface area contributed by atoms with E-state index in [9.17, 15) is 18.0 Å². The van der Waals surface area contributed by atoms with Crippen LogP contribution in [0, 0.1) is 75.6 Å². The minimum absolute atomic E-state index is 0.125. The molecule has 1 amide bonds. The van der Waals surface area contributed by atoms with Crippen molar-refractivity contribution in [2.45, 2.75) is 95.8 Å². The normalized spacial score (nSPS) is 10.9. The number of aliphatic carboxylic acids is 1. The number of carboxylic acid groups (broad SMARTS) is 1. The molecule has 2 heterocycles. The molecule has 1 aliphatic rings. The van der Waals surface area contributed by atoms with Crippen molar-refractivity contribution in [3.63, 3.8) is 0 Å². The van der Waals surface area contributed by atoms with Crippen LogP contribution in [0.3, 0.4) is 0 Å². The third kappa shape index (κ3) is 28.6. The van der Waals surface area contributed by atoms with Crippen LogP contribution in [0.15, 0.2) is 33.7 Å². The van der Waals surface area contributed by atoms with Crippen LogP contribution in [-0.4, -0.2) is 78.6 Å². The van der Waals surface area contributed by atoms with Crippen molar-refractivity contribution in [3.8, 4) is 61.7 Å². The smallest absolute Gasteiger partial charge is 0.409 e.